The van der Waals surface area contributed by atoms with Crippen LogP contribution in [0, 0.1) is 11.6 Å². The molecule has 42 heavy (non-hydrogen) atoms. The second kappa shape index (κ2) is 11.1. The third-order valence-corrected chi connectivity index (χ3v) is 10.6. The molecule has 3 aromatic carbocycles. The third-order valence-electron chi connectivity index (χ3n) is 7.51. The molecule has 1 fully saturated rings. The summed E-state index contributed by atoms with van der Waals surface area (Å²) in [6.45, 7) is 0.126. The Morgan fingerprint density at radius 3 is 2.38 bits per heavy atom. The van der Waals surface area contributed by atoms with Crippen LogP contribution in [0.4, 0.5) is 14.5 Å². The number of amides is 1. The first-order chi connectivity index (χ1) is 19.8. The van der Waals surface area contributed by atoms with Crippen LogP contribution in [-0.2, 0) is 20.0 Å². The fourth-order valence-electron chi connectivity index (χ4n) is 5.29. The number of sulfonamides is 2. The number of halogens is 2. The van der Waals surface area contributed by atoms with Crippen molar-refractivity contribution in [3.63, 3.8) is 0 Å². The highest BCUT2D eigenvalue weighted by Gasteiger charge is 2.35. The van der Waals surface area contributed by atoms with Gasteiger partial charge in [-0.25, -0.2) is 25.6 Å². The highest BCUT2D eigenvalue weighted by molar-refractivity contribution is 7.92. The molecule has 1 aliphatic heterocycles. The molecule has 1 atom stereocenters. The molecule has 0 radical (unpaired) electrons. The molecule has 0 saturated carbocycles. The number of anilines is 1. The van der Waals surface area contributed by atoms with E-state index < -0.39 is 48.4 Å². The van der Waals surface area contributed by atoms with Crippen molar-refractivity contribution in [1.29, 1.82) is 0 Å². The van der Waals surface area contributed by atoms with Crippen molar-refractivity contribution in [3.05, 3.63) is 83.4 Å². The Bertz CT molecular complexity index is 1890. The van der Waals surface area contributed by atoms with Crippen LogP contribution in [0.25, 0.3) is 22.3 Å². The number of nitrogens with zero attached hydrogens (tertiary/aromatic N) is 2. The van der Waals surface area contributed by atoms with Gasteiger partial charge in [-0.15, -0.1) is 0 Å². The number of rotatable bonds is 7. The minimum absolute atomic E-state index is 0.0369. The van der Waals surface area contributed by atoms with Gasteiger partial charge >= 0.3 is 0 Å². The quantitative estimate of drug-likeness (QED) is 0.321. The average molecular weight is 618 g/mol. The van der Waals surface area contributed by atoms with Gasteiger partial charge in [0.2, 0.25) is 20.0 Å². The second-order valence-corrected chi connectivity index (χ2v) is 14.1. The van der Waals surface area contributed by atoms with Gasteiger partial charge in [-0.2, -0.15) is 4.31 Å². The van der Waals surface area contributed by atoms with Crippen LogP contribution in [0.15, 0.2) is 70.0 Å². The molecule has 222 valence electrons. The van der Waals surface area contributed by atoms with E-state index in [1.165, 1.54) is 66.9 Å². The zero-order chi connectivity index (χ0) is 30.4. The van der Waals surface area contributed by atoms with E-state index in [0.29, 0.717) is 29.4 Å². The lowest BCUT2D eigenvalue weighted by Gasteiger charge is -2.34. The van der Waals surface area contributed by atoms with Gasteiger partial charge < -0.3 is 9.73 Å². The summed E-state index contributed by atoms with van der Waals surface area (Å²) in [7, 11) is -5.13. The van der Waals surface area contributed by atoms with Crippen LogP contribution >= 0.6 is 0 Å². The Hall–Kier alpha value is -3.81. The smallest absolute Gasteiger partial charge is 0.255 e. The van der Waals surface area contributed by atoms with Crippen molar-refractivity contribution < 1.29 is 34.8 Å². The molecule has 4 aromatic rings. The lowest BCUT2D eigenvalue weighted by Crippen LogP contribution is -2.40. The molecule has 5 rings (SSSR count). The summed E-state index contributed by atoms with van der Waals surface area (Å²) in [4.78, 5) is 12.7. The number of benzene rings is 3. The van der Waals surface area contributed by atoms with Gasteiger partial charge in [0.05, 0.1) is 17.5 Å². The van der Waals surface area contributed by atoms with Gasteiger partial charge in [0.25, 0.3) is 5.91 Å². The van der Waals surface area contributed by atoms with E-state index in [4.69, 9.17) is 4.42 Å². The minimum atomic E-state index is -4.19. The molecule has 0 aliphatic carbocycles. The molecule has 13 heteroatoms. The normalized spacial score (nSPS) is 16.5. The van der Waals surface area contributed by atoms with Crippen LogP contribution in [0.2, 0.25) is 0 Å². The molecule has 0 unspecified atom stereocenters. The largest absolute Gasteiger partial charge is 0.455 e. The van der Waals surface area contributed by atoms with Gasteiger partial charge in [-0.1, -0.05) is 12.1 Å². The Morgan fingerprint density at radius 1 is 1.05 bits per heavy atom. The number of carbonyl (C=O) groups is 1. The summed E-state index contributed by atoms with van der Waals surface area (Å²) in [5.41, 5.74) is 1.56. The first kappa shape index (κ1) is 29.7. The van der Waals surface area contributed by atoms with E-state index in [-0.39, 0.29) is 35.7 Å². The minimum Gasteiger partial charge on any atom is -0.455 e. The Labute approximate surface area is 242 Å². The standard InChI is InChI=1S/C29H29F2N3O6S2/c1-32-29(35)27-22-15-21(19-7-6-14-34(17-19)42(38,39)26-9-5-4-8-23(26)31)24(33(2)41(3,36)37)16-25(22)40-28(27)18-10-12-20(30)13-11-18/h4-5,8-13,15-16,19H,6-7,14,17H2,1-3H3,(H,32,35)/t19-/m1/s1. The van der Waals surface area contributed by atoms with E-state index in [1.54, 1.807) is 6.07 Å². The molecule has 1 saturated heterocycles. The molecule has 1 amide bonds. The number of carbonyl (C=O) groups excluding carboxylic acids is 1. The van der Waals surface area contributed by atoms with Crippen LogP contribution in [0.1, 0.15) is 34.7 Å². The average Bonchev–Trinajstić information content (AvgIpc) is 3.34. The maximum Gasteiger partial charge on any atom is 0.255 e. The van der Waals surface area contributed by atoms with Gasteiger partial charge in [0.15, 0.2) is 0 Å². The first-order valence-corrected chi connectivity index (χ1v) is 16.4. The fourth-order valence-corrected chi connectivity index (χ4v) is 7.39. The summed E-state index contributed by atoms with van der Waals surface area (Å²) < 4.78 is 88.7. The van der Waals surface area contributed by atoms with E-state index in [0.717, 1.165) is 16.6 Å². The highest BCUT2D eigenvalue weighted by Crippen LogP contribution is 2.42. The Balaban J connectivity index is 1.69. The van der Waals surface area contributed by atoms with E-state index in [1.807, 2.05) is 0 Å². The Morgan fingerprint density at radius 2 is 1.74 bits per heavy atom. The number of piperidine rings is 1. The predicted molar refractivity (Wildman–Crippen MR) is 155 cm³/mol. The van der Waals surface area contributed by atoms with Gasteiger partial charge in [-0.3, -0.25) is 9.10 Å². The summed E-state index contributed by atoms with van der Waals surface area (Å²) in [6.07, 6.45) is 1.99. The number of hydrogen-bond acceptors (Lipinski definition) is 6. The van der Waals surface area contributed by atoms with Gasteiger partial charge in [0.1, 0.15) is 27.9 Å². The molecular weight excluding hydrogens is 588 g/mol. The van der Waals surface area contributed by atoms with Crippen molar-refractivity contribution in [3.8, 4) is 11.3 Å². The number of nitrogens with one attached hydrogen (secondary N) is 1. The van der Waals surface area contributed by atoms with Crippen molar-refractivity contribution in [2.75, 3.05) is 37.7 Å². The number of hydrogen-bond donors (Lipinski definition) is 1. The fraction of sp³-hybridized carbons (Fsp3) is 0.276. The third kappa shape index (κ3) is 5.39. The highest BCUT2D eigenvalue weighted by atomic mass is 32.2. The lowest BCUT2D eigenvalue weighted by molar-refractivity contribution is 0.0964. The zero-order valence-electron chi connectivity index (χ0n) is 23.1. The Kier molecular flexibility index (Phi) is 7.86. The molecule has 0 bridgehead atoms. The van der Waals surface area contributed by atoms with E-state index in [9.17, 15) is 30.4 Å². The van der Waals surface area contributed by atoms with E-state index in [2.05, 4.69) is 5.32 Å². The monoisotopic (exact) mass is 617 g/mol. The topological polar surface area (TPSA) is 117 Å². The lowest BCUT2D eigenvalue weighted by atomic mass is 9.89. The molecule has 9 nitrogen and oxygen atoms in total. The summed E-state index contributed by atoms with van der Waals surface area (Å²) >= 11 is 0. The molecule has 2 heterocycles. The van der Waals surface area contributed by atoms with E-state index >= 15 is 0 Å². The number of furan rings is 1. The molecule has 1 aromatic heterocycles. The van der Waals surface area contributed by atoms with Gasteiger partial charge in [0, 0.05) is 44.2 Å². The predicted octanol–water partition coefficient (Wildman–Crippen LogP) is 4.70. The van der Waals surface area contributed by atoms with Crippen LogP contribution in [-0.4, -0.2) is 60.5 Å². The van der Waals surface area contributed by atoms with Crippen molar-refractivity contribution in [1.82, 2.24) is 9.62 Å². The second-order valence-electron chi connectivity index (χ2n) is 10.2. The first-order valence-electron chi connectivity index (χ1n) is 13.1. The van der Waals surface area contributed by atoms with Crippen molar-refractivity contribution in [2.45, 2.75) is 23.7 Å². The van der Waals surface area contributed by atoms with Crippen LogP contribution in [0.5, 0.6) is 0 Å². The maximum atomic E-state index is 14.5. The summed E-state index contributed by atoms with van der Waals surface area (Å²) in [5.74, 6) is -2.13. The van der Waals surface area contributed by atoms with Crippen LogP contribution in [0.3, 0.4) is 0 Å². The van der Waals surface area contributed by atoms with Crippen LogP contribution < -0.4 is 9.62 Å². The molecule has 1 aliphatic rings. The van der Waals surface area contributed by atoms with Gasteiger partial charge in [-0.05, 0) is 66.8 Å². The summed E-state index contributed by atoms with van der Waals surface area (Å²) in [5, 5.41) is 2.97. The molecule has 1 N–H and O–H groups in total. The zero-order valence-corrected chi connectivity index (χ0v) is 24.7. The summed E-state index contributed by atoms with van der Waals surface area (Å²) in [6, 6.07) is 13.7. The van der Waals surface area contributed by atoms with Crippen molar-refractivity contribution >= 4 is 42.6 Å². The molecular formula is C29H29F2N3O6S2. The maximum absolute atomic E-state index is 14.5. The number of fused-ring (bicyclic) bond motifs is 1. The SMILES string of the molecule is CNC(=O)c1c(-c2ccc(F)cc2)oc2cc(N(C)S(C)(=O)=O)c([C@@H]3CCCN(S(=O)(=O)c4ccccc4F)C3)cc12. The molecule has 0 spiro atoms. The van der Waals surface area contributed by atoms with Crippen molar-refractivity contribution in [2.24, 2.45) is 0 Å².